The number of carbonyl (C=O) groups is 2. The molecule has 1 saturated heterocycles. The van der Waals surface area contributed by atoms with E-state index in [1.165, 1.54) is 19.8 Å². The summed E-state index contributed by atoms with van der Waals surface area (Å²) in [6.07, 6.45) is 5.51. The predicted molar refractivity (Wildman–Crippen MR) is 90.4 cm³/mol. The number of ketones is 1. The molecule has 0 bridgehead atoms. The lowest BCUT2D eigenvalue weighted by molar-refractivity contribution is -0.142. The van der Waals surface area contributed by atoms with Gasteiger partial charge in [0.15, 0.2) is 5.78 Å². The summed E-state index contributed by atoms with van der Waals surface area (Å²) in [6.45, 7) is 5.88. The van der Waals surface area contributed by atoms with Crippen LogP contribution in [0.25, 0.3) is 0 Å². The fourth-order valence-corrected chi connectivity index (χ4v) is 3.07. The van der Waals surface area contributed by atoms with E-state index in [0.29, 0.717) is 0 Å². The Kier molecular flexibility index (Phi) is 6.78. The minimum Gasteiger partial charge on any atom is -0.461 e. The first kappa shape index (κ1) is 17.7. The van der Waals surface area contributed by atoms with Gasteiger partial charge in [-0.3, -0.25) is 14.5 Å². The third-order valence-electron chi connectivity index (χ3n) is 4.40. The average molecular weight is 317 g/mol. The Labute approximate surface area is 138 Å². The highest BCUT2D eigenvalue weighted by Crippen LogP contribution is 2.20. The molecule has 4 nitrogen and oxygen atoms in total. The third kappa shape index (κ3) is 5.17. The molecule has 1 aromatic rings. The molecule has 0 spiro atoms. The largest absolute Gasteiger partial charge is 0.461 e. The van der Waals surface area contributed by atoms with Gasteiger partial charge < -0.3 is 4.74 Å². The van der Waals surface area contributed by atoms with Crippen LogP contribution in [-0.2, 0) is 16.1 Å². The number of esters is 1. The van der Waals surface area contributed by atoms with Gasteiger partial charge in [-0.25, -0.2) is 0 Å². The standard InChI is InChI=1S/C19H27NO3/c1-3-4-7-18(20-12-5-6-13-20)19(22)17-10-8-16(9-11-17)14-23-15(2)21/h8-11,18H,3-7,12-14H2,1-2H3. The summed E-state index contributed by atoms with van der Waals surface area (Å²) in [5, 5.41) is 0. The first-order chi connectivity index (χ1) is 11.1. The van der Waals surface area contributed by atoms with Crippen LogP contribution in [0.5, 0.6) is 0 Å². The van der Waals surface area contributed by atoms with Crippen molar-refractivity contribution in [2.75, 3.05) is 13.1 Å². The van der Waals surface area contributed by atoms with Crippen LogP contribution in [0.15, 0.2) is 24.3 Å². The van der Waals surface area contributed by atoms with Gasteiger partial charge in [0, 0.05) is 12.5 Å². The second kappa shape index (κ2) is 8.82. The fourth-order valence-electron chi connectivity index (χ4n) is 3.07. The van der Waals surface area contributed by atoms with Crippen molar-refractivity contribution in [3.8, 4) is 0 Å². The lowest BCUT2D eigenvalue weighted by atomic mass is 9.97. The highest BCUT2D eigenvalue weighted by molar-refractivity contribution is 6.00. The monoisotopic (exact) mass is 317 g/mol. The Hall–Kier alpha value is -1.68. The maximum Gasteiger partial charge on any atom is 0.302 e. The van der Waals surface area contributed by atoms with Crippen LogP contribution < -0.4 is 0 Å². The van der Waals surface area contributed by atoms with Gasteiger partial charge in [-0.2, -0.15) is 0 Å². The molecule has 0 saturated carbocycles. The molecular formula is C19H27NO3. The number of benzene rings is 1. The van der Waals surface area contributed by atoms with Crippen LogP contribution in [0, 0.1) is 0 Å². The average Bonchev–Trinajstić information content (AvgIpc) is 3.08. The van der Waals surface area contributed by atoms with E-state index >= 15 is 0 Å². The van der Waals surface area contributed by atoms with E-state index < -0.39 is 0 Å². The summed E-state index contributed by atoms with van der Waals surface area (Å²) in [6, 6.07) is 7.47. The zero-order chi connectivity index (χ0) is 16.7. The SMILES string of the molecule is CCCCC(C(=O)c1ccc(COC(C)=O)cc1)N1CCCC1. The molecule has 0 radical (unpaired) electrons. The van der Waals surface area contributed by atoms with Crippen molar-refractivity contribution < 1.29 is 14.3 Å². The topological polar surface area (TPSA) is 46.6 Å². The molecule has 1 unspecified atom stereocenters. The fraction of sp³-hybridized carbons (Fsp3) is 0.579. The van der Waals surface area contributed by atoms with E-state index in [1.54, 1.807) is 0 Å². The van der Waals surface area contributed by atoms with Gasteiger partial charge in [0.25, 0.3) is 0 Å². The Balaban J connectivity index is 2.04. The molecule has 1 aliphatic rings. The number of nitrogens with zero attached hydrogens (tertiary/aromatic N) is 1. The van der Waals surface area contributed by atoms with E-state index in [0.717, 1.165) is 43.5 Å². The summed E-state index contributed by atoms with van der Waals surface area (Å²) in [5.41, 5.74) is 1.66. The van der Waals surface area contributed by atoms with Crippen LogP contribution in [0.2, 0.25) is 0 Å². The molecule has 1 fully saturated rings. The number of rotatable bonds is 8. The maximum atomic E-state index is 12.9. The van der Waals surface area contributed by atoms with Crippen LogP contribution in [0.1, 0.15) is 61.9 Å². The summed E-state index contributed by atoms with van der Waals surface area (Å²) < 4.78 is 4.98. The van der Waals surface area contributed by atoms with Crippen molar-refractivity contribution in [1.29, 1.82) is 0 Å². The molecular weight excluding hydrogens is 290 g/mol. The Morgan fingerprint density at radius 1 is 1.17 bits per heavy atom. The van der Waals surface area contributed by atoms with Gasteiger partial charge in [-0.05, 0) is 37.9 Å². The normalized spacial score (nSPS) is 16.3. The van der Waals surface area contributed by atoms with Crippen molar-refractivity contribution in [2.24, 2.45) is 0 Å². The van der Waals surface area contributed by atoms with Crippen molar-refractivity contribution in [1.82, 2.24) is 4.90 Å². The lowest BCUT2D eigenvalue weighted by Crippen LogP contribution is -2.39. The number of hydrogen-bond donors (Lipinski definition) is 0. The number of Topliss-reactive ketones (excluding diaryl/α,β-unsaturated/α-hetero) is 1. The van der Waals surface area contributed by atoms with Gasteiger partial charge in [0.05, 0.1) is 6.04 Å². The zero-order valence-corrected chi connectivity index (χ0v) is 14.2. The number of hydrogen-bond acceptors (Lipinski definition) is 4. The summed E-state index contributed by atoms with van der Waals surface area (Å²) in [7, 11) is 0. The second-order valence-electron chi connectivity index (χ2n) is 6.24. The van der Waals surface area contributed by atoms with Crippen molar-refractivity contribution >= 4 is 11.8 Å². The molecule has 2 rings (SSSR count). The first-order valence-electron chi connectivity index (χ1n) is 8.62. The molecule has 1 aromatic carbocycles. The van der Waals surface area contributed by atoms with Gasteiger partial charge in [0.1, 0.15) is 6.61 Å². The highest BCUT2D eigenvalue weighted by atomic mass is 16.5. The first-order valence-corrected chi connectivity index (χ1v) is 8.62. The summed E-state index contributed by atoms with van der Waals surface area (Å²) in [5.74, 6) is -0.0711. The van der Waals surface area contributed by atoms with E-state index in [4.69, 9.17) is 4.74 Å². The van der Waals surface area contributed by atoms with Crippen molar-refractivity contribution in [3.63, 3.8) is 0 Å². The quantitative estimate of drug-likeness (QED) is 0.543. The molecule has 0 aromatic heterocycles. The number of unbranched alkanes of at least 4 members (excludes halogenated alkanes) is 1. The third-order valence-corrected chi connectivity index (χ3v) is 4.40. The van der Waals surface area contributed by atoms with Crippen LogP contribution in [-0.4, -0.2) is 35.8 Å². The Morgan fingerprint density at radius 2 is 1.83 bits per heavy atom. The van der Waals surface area contributed by atoms with E-state index in [2.05, 4.69) is 11.8 Å². The van der Waals surface area contributed by atoms with Crippen molar-refractivity contribution in [2.45, 2.75) is 58.6 Å². The number of carbonyl (C=O) groups excluding carboxylic acids is 2. The summed E-state index contributed by atoms with van der Waals surface area (Å²) in [4.78, 5) is 26.1. The molecule has 126 valence electrons. The minimum atomic E-state index is -0.293. The van der Waals surface area contributed by atoms with Gasteiger partial charge >= 0.3 is 5.97 Å². The number of likely N-dealkylation sites (tertiary alicyclic amines) is 1. The van der Waals surface area contributed by atoms with Crippen molar-refractivity contribution in [3.05, 3.63) is 35.4 Å². The van der Waals surface area contributed by atoms with Gasteiger partial charge in [-0.15, -0.1) is 0 Å². The molecule has 1 aliphatic heterocycles. The Bertz CT molecular complexity index is 518. The summed E-state index contributed by atoms with van der Waals surface area (Å²) >= 11 is 0. The zero-order valence-electron chi connectivity index (χ0n) is 14.2. The van der Waals surface area contributed by atoms with E-state index in [-0.39, 0.29) is 24.4 Å². The smallest absolute Gasteiger partial charge is 0.302 e. The van der Waals surface area contributed by atoms with Crippen LogP contribution >= 0.6 is 0 Å². The molecule has 0 N–H and O–H groups in total. The highest BCUT2D eigenvalue weighted by Gasteiger charge is 2.28. The van der Waals surface area contributed by atoms with E-state index in [1.807, 2.05) is 24.3 Å². The minimum absolute atomic E-state index is 0.0109. The second-order valence-corrected chi connectivity index (χ2v) is 6.24. The molecule has 1 heterocycles. The Morgan fingerprint density at radius 3 is 2.39 bits per heavy atom. The van der Waals surface area contributed by atoms with Crippen LogP contribution in [0.3, 0.4) is 0 Å². The maximum absolute atomic E-state index is 12.9. The molecule has 4 heteroatoms. The number of ether oxygens (including phenoxy) is 1. The molecule has 1 atom stereocenters. The van der Waals surface area contributed by atoms with Gasteiger partial charge in [0.2, 0.25) is 0 Å². The molecule has 23 heavy (non-hydrogen) atoms. The van der Waals surface area contributed by atoms with Crippen LogP contribution in [0.4, 0.5) is 0 Å². The van der Waals surface area contributed by atoms with Gasteiger partial charge in [-0.1, -0.05) is 44.0 Å². The molecule has 0 amide bonds. The predicted octanol–water partition coefficient (Wildman–Crippen LogP) is 3.59. The molecule has 0 aliphatic carbocycles. The lowest BCUT2D eigenvalue weighted by Gasteiger charge is -2.26. The van der Waals surface area contributed by atoms with E-state index in [9.17, 15) is 9.59 Å².